The number of halogens is 2. The van der Waals surface area contributed by atoms with Crippen LogP contribution in [0.25, 0.3) is 0 Å². The summed E-state index contributed by atoms with van der Waals surface area (Å²) >= 11 is 12.4. The van der Waals surface area contributed by atoms with E-state index in [1.54, 1.807) is 36.4 Å². The van der Waals surface area contributed by atoms with Gasteiger partial charge in [0.2, 0.25) is 21.8 Å². The molecule has 0 aliphatic rings. The summed E-state index contributed by atoms with van der Waals surface area (Å²) in [6, 6.07) is 11.5. The van der Waals surface area contributed by atoms with Gasteiger partial charge in [0.1, 0.15) is 6.04 Å². The molecule has 2 aromatic rings. The van der Waals surface area contributed by atoms with Crippen molar-refractivity contribution < 1.29 is 18.0 Å². The topological polar surface area (TPSA) is 86.8 Å². The molecule has 2 aromatic carbocycles. The Morgan fingerprint density at radius 2 is 1.76 bits per heavy atom. The van der Waals surface area contributed by atoms with Crippen LogP contribution in [0.2, 0.25) is 10.0 Å². The molecule has 204 valence electrons. The number of aryl methyl sites for hydroxylation is 1. The Morgan fingerprint density at radius 1 is 1.05 bits per heavy atom. The fourth-order valence-corrected chi connectivity index (χ4v) is 5.41. The molecule has 0 radical (unpaired) electrons. The Kier molecular flexibility index (Phi) is 11.7. The number of carbonyl (C=O) groups is 2. The number of rotatable bonds is 13. The monoisotopic (exact) mass is 569 g/mol. The lowest BCUT2D eigenvalue weighted by atomic mass is 10.1. The van der Waals surface area contributed by atoms with E-state index in [2.05, 4.69) is 5.32 Å². The number of amides is 2. The van der Waals surface area contributed by atoms with E-state index in [-0.39, 0.29) is 43.8 Å². The SMILES string of the molecule is CC[C@H](C(=O)N[C@@H](C)CC)N(Cc1ccc(Cl)cc1Cl)C(=O)CCCN(c1cccc(C)c1)S(C)(=O)=O. The summed E-state index contributed by atoms with van der Waals surface area (Å²) in [4.78, 5) is 28.2. The van der Waals surface area contributed by atoms with Crippen molar-refractivity contribution in [2.45, 2.75) is 72.0 Å². The number of hydrogen-bond acceptors (Lipinski definition) is 4. The van der Waals surface area contributed by atoms with E-state index in [0.29, 0.717) is 27.7 Å². The number of nitrogens with one attached hydrogen (secondary N) is 1. The van der Waals surface area contributed by atoms with Crippen molar-refractivity contribution in [1.29, 1.82) is 0 Å². The maximum Gasteiger partial charge on any atom is 0.243 e. The van der Waals surface area contributed by atoms with Gasteiger partial charge in [-0.25, -0.2) is 8.42 Å². The Bertz CT molecular complexity index is 1190. The predicted octanol–water partition coefficient (Wildman–Crippen LogP) is 5.57. The first-order valence-corrected chi connectivity index (χ1v) is 15.1. The molecule has 7 nitrogen and oxygen atoms in total. The smallest absolute Gasteiger partial charge is 0.243 e. The Hall–Kier alpha value is -2.29. The lowest BCUT2D eigenvalue weighted by Crippen LogP contribution is -2.50. The molecule has 0 bridgehead atoms. The number of anilines is 1. The maximum atomic E-state index is 13.5. The van der Waals surface area contributed by atoms with E-state index >= 15 is 0 Å². The van der Waals surface area contributed by atoms with E-state index in [0.717, 1.165) is 18.2 Å². The Labute approximate surface area is 231 Å². The largest absolute Gasteiger partial charge is 0.352 e. The third-order valence-electron chi connectivity index (χ3n) is 6.18. The van der Waals surface area contributed by atoms with Crippen molar-refractivity contribution in [3.05, 3.63) is 63.6 Å². The molecule has 0 heterocycles. The molecule has 0 saturated heterocycles. The highest BCUT2D eigenvalue weighted by atomic mass is 35.5. The van der Waals surface area contributed by atoms with Crippen LogP contribution in [0.3, 0.4) is 0 Å². The fraction of sp³-hybridized carbons (Fsp3) is 0.481. The average Bonchev–Trinajstić information content (AvgIpc) is 2.81. The minimum absolute atomic E-state index is 0.0322. The van der Waals surface area contributed by atoms with Crippen LogP contribution in [0, 0.1) is 6.92 Å². The summed E-state index contributed by atoms with van der Waals surface area (Å²) in [5.41, 5.74) is 2.16. The van der Waals surface area contributed by atoms with Crippen molar-refractivity contribution >= 4 is 50.7 Å². The predicted molar refractivity (Wildman–Crippen MR) is 152 cm³/mol. The van der Waals surface area contributed by atoms with E-state index in [9.17, 15) is 18.0 Å². The molecule has 1 N–H and O–H groups in total. The first kappa shape index (κ1) is 30.9. The second kappa shape index (κ2) is 14.0. The lowest BCUT2D eigenvalue weighted by Gasteiger charge is -2.32. The van der Waals surface area contributed by atoms with Gasteiger partial charge in [-0.2, -0.15) is 0 Å². The average molecular weight is 571 g/mol. The van der Waals surface area contributed by atoms with E-state index in [1.807, 2.05) is 33.8 Å². The van der Waals surface area contributed by atoms with Crippen LogP contribution in [-0.4, -0.2) is 50.0 Å². The van der Waals surface area contributed by atoms with Gasteiger partial charge in [-0.05, 0) is 68.5 Å². The molecule has 37 heavy (non-hydrogen) atoms. The highest BCUT2D eigenvalue weighted by molar-refractivity contribution is 7.92. The summed E-state index contributed by atoms with van der Waals surface area (Å²) in [6.45, 7) is 7.91. The number of carbonyl (C=O) groups excluding carboxylic acids is 2. The quantitative estimate of drug-likeness (QED) is 0.341. The molecule has 2 atom stereocenters. The molecule has 10 heteroatoms. The summed E-state index contributed by atoms with van der Waals surface area (Å²) < 4.78 is 26.3. The maximum absolute atomic E-state index is 13.5. The number of benzene rings is 2. The van der Waals surface area contributed by atoms with Gasteiger partial charge >= 0.3 is 0 Å². The Balaban J connectivity index is 2.26. The summed E-state index contributed by atoms with van der Waals surface area (Å²) in [5.74, 6) is -0.484. The third-order valence-corrected chi connectivity index (χ3v) is 7.97. The zero-order valence-electron chi connectivity index (χ0n) is 22.1. The van der Waals surface area contributed by atoms with Gasteiger partial charge in [0.15, 0.2) is 0 Å². The minimum Gasteiger partial charge on any atom is -0.352 e. The van der Waals surface area contributed by atoms with E-state index in [1.165, 1.54) is 9.21 Å². The molecule has 0 aliphatic carbocycles. The molecule has 0 aliphatic heterocycles. The van der Waals surface area contributed by atoms with Crippen molar-refractivity contribution in [1.82, 2.24) is 10.2 Å². The van der Waals surface area contributed by atoms with Crippen molar-refractivity contribution in [2.75, 3.05) is 17.1 Å². The first-order valence-electron chi connectivity index (χ1n) is 12.5. The van der Waals surface area contributed by atoms with Crippen LogP contribution in [0.15, 0.2) is 42.5 Å². The third kappa shape index (κ3) is 9.20. The molecular weight excluding hydrogens is 533 g/mol. The van der Waals surface area contributed by atoms with Gasteiger partial charge in [0.05, 0.1) is 11.9 Å². The first-order chi connectivity index (χ1) is 17.4. The summed E-state index contributed by atoms with van der Waals surface area (Å²) in [6.07, 6.45) is 2.68. The second-order valence-corrected chi connectivity index (χ2v) is 12.0. The molecule has 0 spiro atoms. The fourth-order valence-electron chi connectivity index (χ4n) is 3.98. The van der Waals surface area contributed by atoms with Gasteiger partial charge in [0, 0.05) is 35.6 Å². The molecule has 0 unspecified atom stereocenters. The van der Waals surface area contributed by atoms with E-state index < -0.39 is 16.1 Å². The van der Waals surface area contributed by atoms with Crippen LogP contribution < -0.4 is 9.62 Å². The highest BCUT2D eigenvalue weighted by Crippen LogP contribution is 2.25. The number of nitrogens with zero attached hydrogens (tertiary/aromatic N) is 2. The second-order valence-electron chi connectivity index (χ2n) is 9.28. The molecule has 2 rings (SSSR count). The van der Waals surface area contributed by atoms with Gasteiger partial charge in [-0.3, -0.25) is 13.9 Å². The highest BCUT2D eigenvalue weighted by Gasteiger charge is 2.30. The van der Waals surface area contributed by atoms with Crippen LogP contribution in [0.1, 0.15) is 57.6 Å². The van der Waals surface area contributed by atoms with Crippen LogP contribution >= 0.6 is 23.2 Å². The summed E-state index contributed by atoms with van der Waals surface area (Å²) in [5, 5.41) is 3.86. The van der Waals surface area contributed by atoms with Gasteiger partial charge in [0.25, 0.3) is 0 Å². The van der Waals surface area contributed by atoms with E-state index in [4.69, 9.17) is 23.2 Å². The standard InChI is InChI=1S/C27H37Cl2N3O4S/c1-6-20(4)30-27(34)25(7-2)31(18-21-13-14-22(28)17-24(21)29)26(33)12-9-15-32(37(5,35)36)23-11-8-10-19(3)16-23/h8,10-11,13-14,16-17,20,25H,6-7,9,12,15,18H2,1-5H3,(H,30,34)/t20-,25+/m0/s1. The number of hydrogen-bond donors (Lipinski definition) is 1. The lowest BCUT2D eigenvalue weighted by molar-refractivity contribution is -0.141. The van der Waals surface area contributed by atoms with Crippen molar-refractivity contribution in [2.24, 2.45) is 0 Å². The Morgan fingerprint density at radius 3 is 2.32 bits per heavy atom. The summed E-state index contributed by atoms with van der Waals surface area (Å²) in [7, 11) is -3.55. The molecule has 2 amide bonds. The minimum atomic E-state index is -3.55. The zero-order chi connectivity index (χ0) is 27.8. The van der Waals surface area contributed by atoms with Crippen LogP contribution in [-0.2, 0) is 26.2 Å². The van der Waals surface area contributed by atoms with Gasteiger partial charge < -0.3 is 10.2 Å². The van der Waals surface area contributed by atoms with Crippen LogP contribution in [0.4, 0.5) is 5.69 Å². The molecule has 0 fully saturated rings. The zero-order valence-corrected chi connectivity index (χ0v) is 24.5. The molecular formula is C27H37Cl2N3O4S. The van der Waals surface area contributed by atoms with Gasteiger partial charge in [-0.1, -0.05) is 55.2 Å². The number of sulfonamides is 1. The molecule has 0 aromatic heterocycles. The van der Waals surface area contributed by atoms with Crippen molar-refractivity contribution in [3.63, 3.8) is 0 Å². The van der Waals surface area contributed by atoms with Crippen LogP contribution in [0.5, 0.6) is 0 Å². The normalized spacial score (nSPS) is 13.1. The van der Waals surface area contributed by atoms with Gasteiger partial charge in [-0.15, -0.1) is 0 Å². The van der Waals surface area contributed by atoms with Crippen molar-refractivity contribution in [3.8, 4) is 0 Å². The molecule has 0 saturated carbocycles.